The molecule has 1 saturated carbocycles. The molecule has 0 saturated heterocycles. The Morgan fingerprint density at radius 3 is 2.41 bits per heavy atom. The van der Waals surface area contributed by atoms with Crippen LogP contribution >= 0.6 is 0 Å². The highest BCUT2D eigenvalue weighted by molar-refractivity contribution is 5.60. The molecular formula is C15H29NO. The predicted molar refractivity (Wildman–Crippen MR) is 73.1 cm³/mol. The van der Waals surface area contributed by atoms with Crippen LogP contribution in [0.5, 0.6) is 0 Å². The summed E-state index contributed by atoms with van der Waals surface area (Å²) in [7, 11) is 2.16. The molecule has 0 aliphatic heterocycles. The van der Waals surface area contributed by atoms with Crippen LogP contribution in [0.1, 0.15) is 52.9 Å². The zero-order valence-electron chi connectivity index (χ0n) is 12.0. The van der Waals surface area contributed by atoms with Crippen molar-refractivity contribution in [2.24, 2.45) is 17.3 Å². The molecule has 0 atom stereocenters. The fourth-order valence-electron chi connectivity index (χ4n) is 2.75. The van der Waals surface area contributed by atoms with Gasteiger partial charge in [-0.2, -0.15) is 0 Å². The first-order valence-electron chi connectivity index (χ1n) is 7.12. The Labute approximate surface area is 107 Å². The average molecular weight is 239 g/mol. The second-order valence-electron chi connectivity index (χ2n) is 6.58. The van der Waals surface area contributed by atoms with Crippen molar-refractivity contribution in [2.45, 2.75) is 52.9 Å². The van der Waals surface area contributed by atoms with Gasteiger partial charge in [0.15, 0.2) is 0 Å². The lowest BCUT2D eigenvalue weighted by molar-refractivity contribution is -0.119. The standard InChI is InChI=1S/C15H29NO/c1-13(2)7-10-16(4)11-15(12-17)8-5-14(3)6-9-15/h12-14H,5-11H2,1-4H3. The summed E-state index contributed by atoms with van der Waals surface area (Å²) < 4.78 is 0. The van der Waals surface area contributed by atoms with E-state index < -0.39 is 0 Å². The summed E-state index contributed by atoms with van der Waals surface area (Å²) in [5, 5.41) is 0. The Bertz CT molecular complexity index is 229. The lowest BCUT2D eigenvalue weighted by atomic mass is 9.71. The summed E-state index contributed by atoms with van der Waals surface area (Å²) >= 11 is 0. The summed E-state index contributed by atoms with van der Waals surface area (Å²) in [6, 6.07) is 0. The van der Waals surface area contributed by atoms with Crippen LogP contribution in [0.4, 0.5) is 0 Å². The zero-order valence-corrected chi connectivity index (χ0v) is 12.0. The van der Waals surface area contributed by atoms with Gasteiger partial charge < -0.3 is 9.69 Å². The first-order valence-corrected chi connectivity index (χ1v) is 7.12. The first-order chi connectivity index (χ1) is 7.97. The summed E-state index contributed by atoms with van der Waals surface area (Å²) in [4.78, 5) is 13.8. The van der Waals surface area contributed by atoms with Gasteiger partial charge in [-0.25, -0.2) is 0 Å². The SMILES string of the molecule is CC(C)CCN(C)CC1(C=O)CCC(C)CC1. The average Bonchev–Trinajstić information content (AvgIpc) is 2.30. The number of carbonyl (C=O) groups excluding carboxylic acids is 1. The third-order valence-electron chi connectivity index (χ3n) is 4.19. The Balaban J connectivity index is 2.43. The van der Waals surface area contributed by atoms with Crippen molar-refractivity contribution in [1.82, 2.24) is 4.90 Å². The van der Waals surface area contributed by atoms with Crippen LogP contribution in [0, 0.1) is 17.3 Å². The lowest BCUT2D eigenvalue weighted by Gasteiger charge is -2.37. The van der Waals surface area contributed by atoms with Crippen molar-refractivity contribution in [3.63, 3.8) is 0 Å². The molecule has 0 heterocycles. The lowest BCUT2D eigenvalue weighted by Crippen LogP contribution is -2.40. The molecule has 0 spiro atoms. The van der Waals surface area contributed by atoms with Gasteiger partial charge in [-0.3, -0.25) is 0 Å². The van der Waals surface area contributed by atoms with Gasteiger partial charge in [0.2, 0.25) is 0 Å². The van der Waals surface area contributed by atoms with E-state index in [2.05, 4.69) is 32.7 Å². The van der Waals surface area contributed by atoms with E-state index in [1.807, 2.05) is 0 Å². The van der Waals surface area contributed by atoms with Crippen molar-refractivity contribution >= 4 is 6.29 Å². The number of hydrogen-bond acceptors (Lipinski definition) is 2. The van der Waals surface area contributed by atoms with Crippen molar-refractivity contribution in [1.29, 1.82) is 0 Å². The minimum atomic E-state index is -0.0434. The van der Waals surface area contributed by atoms with Crippen molar-refractivity contribution in [2.75, 3.05) is 20.1 Å². The third kappa shape index (κ3) is 4.79. The minimum Gasteiger partial charge on any atom is -0.305 e. The van der Waals surface area contributed by atoms with Gasteiger partial charge in [-0.15, -0.1) is 0 Å². The smallest absolute Gasteiger partial charge is 0.127 e. The molecule has 0 amide bonds. The molecule has 1 aliphatic rings. The highest BCUT2D eigenvalue weighted by Gasteiger charge is 2.34. The molecule has 2 nitrogen and oxygen atoms in total. The number of carbonyl (C=O) groups is 1. The van der Waals surface area contributed by atoms with Crippen molar-refractivity contribution in [3.8, 4) is 0 Å². The van der Waals surface area contributed by atoms with Crippen molar-refractivity contribution < 1.29 is 4.79 Å². The van der Waals surface area contributed by atoms with Crippen LogP contribution in [0.25, 0.3) is 0 Å². The van der Waals surface area contributed by atoms with Gasteiger partial charge in [-0.05, 0) is 57.5 Å². The molecule has 1 fully saturated rings. The fourth-order valence-corrected chi connectivity index (χ4v) is 2.75. The number of nitrogens with zero attached hydrogens (tertiary/aromatic N) is 1. The van der Waals surface area contributed by atoms with Crippen LogP contribution < -0.4 is 0 Å². The van der Waals surface area contributed by atoms with Crippen LogP contribution in [0.15, 0.2) is 0 Å². The van der Waals surface area contributed by atoms with Gasteiger partial charge in [-0.1, -0.05) is 20.8 Å². The van der Waals surface area contributed by atoms with Crippen LogP contribution in [0.3, 0.4) is 0 Å². The predicted octanol–water partition coefficient (Wildman–Crippen LogP) is 3.36. The molecule has 0 radical (unpaired) electrons. The molecule has 0 unspecified atom stereocenters. The zero-order chi connectivity index (χ0) is 12.9. The van der Waals surface area contributed by atoms with E-state index in [1.165, 1.54) is 25.5 Å². The molecule has 100 valence electrons. The fraction of sp³-hybridized carbons (Fsp3) is 0.933. The molecular weight excluding hydrogens is 210 g/mol. The molecule has 1 rings (SSSR count). The molecule has 2 heteroatoms. The molecule has 17 heavy (non-hydrogen) atoms. The van der Waals surface area contributed by atoms with Crippen molar-refractivity contribution in [3.05, 3.63) is 0 Å². The molecule has 0 N–H and O–H groups in total. The van der Waals surface area contributed by atoms with E-state index in [-0.39, 0.29) is 5.41 Å². The maximum absolute atomic E-state index is 11.4. The van der Waals surface area contributed by atoms with Crippen LogP contribution in [-0.2, 0) is 4.79 Å². The number of rotatable bonds is 6. The highest BCUT2D eigenvalue weighted by atomic mass is 16.1. The summed E-state index contributed by atoms with van der Waals surface area (Å²) in [5.41, 5.74) is -0.0434. The van der Waals surface area contributed by atoms with Gasteiger partial charge in [0, 0.05) is 12.0 Å². The van der Waals surface area contributed by atoms with E-state index in [4.69, 9.17) is 0 Å². The van der Waals surface area contributed by atoms with Crippen LogP contribution in [-0.4, -0.2) is 31.3 Å². The third-order valence-corrected chi connectivity index (χ3v) is 4.19. The number of aldehydes is 1. The largest absolute Gasteiger partial charge is 0.305 e. The minimum absolute atomic E-state index is 0.0434. The second kappa shape index (κ2) is 6.53. The summed E-state index contributed by atoms with van der Waals surface area (Å²) in [5.74, 6) is 1.56. The van der Waals surface area contributed by atoms with E-state index in [9.17, 15) is 4.79 Å². The number of hydrogen-bond donors (Lipinski definition) is 0. The molecule has 1 aliphatic carbocycles. The molecule has 0 aromatic carbocycles. The first kappa shape index (κ1) is 14.7. The van der Waals surface area contributed by atoms with E-state index in [1.54, 1.807) is 0 Å². The normalized spacial score (nSPS) is 29.9. The molecule has 0 aromatic heterocycles. The van der Waals surface area contributed by atoms with Gasteiger partial charge in [0.25, 0.3) is 0 Å². The highest BCUT2D eigenvalue weighted by Crippen LogP contribution is 2.37. The second-order valence-corrected chi connectivity index (χ2v) is 6.58. The van der Waals surface area contributed by atoms with Gasteiger partial charge >= 0.3 is 0 Å². The Morgan fingerprint density at radius 2 is 1.94 bits per heavy atom. The summed E-state index contributed by atoms with van der Waals surface area (Å²) in [6.07, 6.45) is 7.08. The van der Waals surface area contributed by atoms with E-state index >= 15 is 0 Å². The maximum atomic E-state index is 11.4. The quantitative estimate of drug-likeness (QED) is 0.662. The molecule has 0 aromatic rings. The molecule has 0 bridgehead atoms. The Hall–Kier alpha value is -0.370. The van der Waals surface area contributed by atoms with Gasteiger partial charge in [0.05, 0.1) is 0 Å². The van der Waals surface area contributed by atoms with E-state index in [0.717, 1.165) is 37.8 Å². The van der Waals surface area contributed by atoms with E-state index in [0.29, 0.717) is 0 Å². The summed E-state index contributed by atoms with van der Waals surface area (Å²) in [6.45, 7) is 8.88. The Morgan fingerprint density at radius 1 is 1.35 bits per heavy atom. The van der Waals surface area contributed by atoms with Gasteiger partial charge in [0.1, 0.15) is 6.29 Å². The van der Waals surface area contributed by atoms with Crippen LogP contribution in [0.2, 0.25) is 0 Å². The Kier molecular flexibility index (Phi) is 5.64. The topological polar surface area (TPSA) is 20.3 Å². The monoisotopic (exact) mass is 239 g/mol. The maximum Gasteiger partial charge on any atom is 0.127 e.